The number of nitrogens with one attached hydrogen (secondary N) is 1. The summed E-state index contributed by atoms with van der Waals surface area (Å²) in [7, 11) is 0. The number of carbonyl (C=O) groups is 2. The molecule has 1 atom stereocenters. The van der Waals surface area contributed by atoms with Crippen LogP contribution in [-0.4, -0.2) is 34.1 Å². The van der Waals surface area contributed by atoms with Crippen molar-refractivity contribution in [1.29, 1.82) is 0 Å². The summed E-state index contributed by atoms with van der Waals surface area (Å²) in [6.07, 6.45) is 1.89. The van der Waals surface area contributed by atoms with Crippen LogP contribution >= 0.6 is 0 Å². The third-order valence-electron chi connectivity index (χ3n) is 3.96. The quantitative estimate of drug-likeness (QED) is 0.881. The maximum absolute atomic E-state index is 13.8. The topological polar surface area (TPSA) is 69.6 Å². The Kier molecular flexibility index (Phi) is 4.16. The first-order valence-electron chi connectivity index (χ1n) is 6.93. The van der Waals surface area contributed by atoms with Gasteiger partial charge in [0.2, 0.25) is 0 Å². The summed E-state index contributed by atoms with van der Waals surface area (Å²) in [5.41, 5.74) is -0.438. The Bertz CT molecular complexity index is 576. The van der Waals surface area contributed by atoms with Crippen LogP contribution < -0.4 is 5.32 Å². The summed E-state index contributed by atoms with van der Waals surface area (Å²) in [5, 5.41) is 11.8. The molecule has 0 saturated carbocycles. The first-order valence-corrected chi connectivity index (χ1v) is 6.93. The van der Waals surface area contributed by atoms with E-state index in [0.29, 0.717) is 13.0 Å². The van der Waals surface area contributed by atoms with E-state index in [4.69, 9.17) is 0 Å². The van der Waals surface area contributed by atoms with Crippen molar-refractivity contribution in [2.45, 2.75) is 38.6 Å². The second-order valence-electron chi connectivity index (χ2n) is 5.60. The van der Waals surface area contributed by atoms with Crippen molar-refractivity contribution in [1.82, 2.24) is 4.90 Å². The van der Waals surface area contributed by atoms with Gasteiger partial charge >= 0.3 is 12.0 Å². The lowest BCUT2D eigenvalue weighted by atomic mass is 9.89. The molecule has 0 spiro atoms. The fourth-order valence-corrected chi connectivity index (χ4v) is 2.57. The molecule has 2 amide bonds. The Morgan fingerprint density at radius 2 is 2.10 bits per heavy atom. The molecule has 1 saturated heterocycles. The molecule has 1 aliphatic rings. The van der Waals surface area contributed by atoms with Crippen LogP contribution in [0, 0.1) is 12.7 Å². The lowest BCUT2D eigenvalue weighted by molar-refractivity contribution is -0.150. The number of piperidine rings is 1. The molecule has 1 aromatic rings. The highest BCUT2D eigenvalue weighted by atomic mass is 19.1. The van der Waals surface area contributed by atoms with E-state index in [0.717, 1.165) is 18.4 Å². The number of halogens is 1. The molecule has 1 aromatic carbocycles. The van der Waals surface area contributed by atoms with E-state index in [1.807, 2.05) is 0 Å². The van der Waals surface area contributed by atoms with Gasteiger partial charge < -0.3 is 15.3 Å². The number of aryl methyl sites for hydroxylation is 1. The van der Waals surface area contributed by atoms with Gasteiger partial charge in [0.25, 0.3) is 0 Å². The predicted molar refractivity (Wildman–Crippen MR) is 76.8 cm³/mol. The first-order chi connectivity index (χ1) is 9.84. The summed E-state index contributed by atoms with van der Waals surface area (Å²) in [4.78, 5) is 25.0. The second-order valence-corrected chi connectivity index (χ2v) is 5.60. The van der Waals surface area contributed by atoms with Gasteiger partial charge in [0.05, 0.1) is 5.69 Å². The normalized spacial score (nSPS) is 22.0. The van der Waals surface area contributed by atoms with Crippen LogP contribution in [0.15, 0.2) is 18.2 Å². The van der Waals surface area contributed by atoms with Gasteiger partial charge in [0, 0.05) is 6.54 Å². The van der Waals surface area contributed by atoms with Gasteiger partial charge in [0.15, 0.2) is 0 Å². The van der Waals surface area contributed by atoms with Crippen molar-refractivity contribution in [2.24, 2.45) is 0 Å². The lowest BCUT2D eigenvalue weighted by Gasteiger charge is -2.41. The van der Waals surface area contributed by atoms with Crippen molar-refractivity contribution in [3.05, 3.63) is 29.6 Å². The van der Waals surface area contributed by atoms with E-state index in [-0.39, 0.29) is 5.69 Å². The smallest absolute Gasteiger partial charge is 0.329 e. The molecule has 1 heterocycles. The summed E-state index contributed by atoms with van der Waals surface area (Å²) in [6, 6.07) is 3.90. The van der Waals surface area contributed by atoms with E-state index in [1.54, 1.807) is 13.0 Å². The number of rotatable bonds is 2. The highest BCUT2D eigenvalue weighted by Crippen LogP contribution is 2.29. The minimum Gasteiger partial charge on any atom is -0.480 e. The zero-order chi connectivity index (χ0) is 15.6. The van der Waals surface area contributed by atoms with E-state index >= 15 is 0 Å². The summed E-state index contributed by atoms with van der Waals surface area (Å²) >= 11 is 0. The molecule has 0 aliphatic carbocycles. The molecular weight excluding hydrogens is 275 g/mol. The minimum absolute atomic E-state index is 0.0592. The lowest BCUT2D eigenvalue weighted by Crippen LogP contribution is -2.58. The van der Waals surface area contributed by atoms with Crippen LogP contribution in [0.3, 0.4) is 0 Å². The molecule has 2 N–H and O–H groups in total. The summed E-state index contributed by atoms with van der Waals surface area (Å²) < 4.78 is 13.8. The number of aliphatic carboxylic acids is 1. The van der Waals surface area contributed by atoms with Crippen LogP contribution in [0.1, 0.15) is 31.7 Å². The Labute approximate surface area is 122 Å². The molecule has 1 fully saturated rings. The van der Waals surface area contributed by atoms with Gasteiger partial charge in [-0.25, -0.2) is 14.0 Å². The third kappa shape index (κ3) is 2.99. The van der Waals surface area contributed by atoms with Gasteiger partial charge in [-0.15, -0.1) is 0 Å². The average molecular weight is 294 g/mol. The van der Waals surface area contributed by atoms with Crippen molar-refractivity contribution < 1.29 is 19.1 Å². The maximum Gasteiger partial charge on any atom is 0.329 e. The van der Waals surface area contributed by atoms with Crippen LogP contribution in [-0.2, 0) is 4.79 Å². The molecule has 0 radical (unpaired) electrons. The molecule has 1 aliphatic heterocycles. The maximum atomic E-state index is 13.8. The van der Waals surface area contributed by atoms with Crippen molar-refractivity contribution in [3.63, 3.8) is 0 Å². The first kappa shape index (κ1) is 15.3. The highest BCUT2D eigenvalue weighted by molar-refractivity contribution is 5.94. The number of amides is 2. The molecule has 1 unspecified atom stereocenters. The number of urea groups is 1. The van der Waals surface area contributed by atoms with Crippen LogP contribution in [0.5, 0.6) is 0 Å². The zero-order valence-electron chi connectivity index (χ0n) is 12.1. The van der Waals surface area contributed by atoms with Gasteiger partial charge in [0.1, 0.15) is 11.4 Å². The predicted octanol–water partition coefficient (Wildman–Crippen LogP) is 3.00. The van der Waals surface area contributed by atoms with Crippen molar-refractivity contribution >= 4 is 17.7 Å². The van der Waals surface area contributed by atoms with E-state index in [1.165, 1.54) is 24.0 Å². The Balaban J connectivity index is 2.20. The van der Waals surface area contributed by atoms with Gasteiger partial charge in [-0.2, -0.15) is 0 Å². The molecular formula is C15H19FN2O3. The third-order valence-corrected chi connectivity index (χ3v) is 3.96. The number of hydrogen-bond donors (Lipinski definition) is 2. The van der Waals surface area contributed by atoms with Crippen molar-refractivity contribution in [3.8, 4) is 0 Å². The number of carboxylic acid groups (broad SMARTS) is 1. The van der Waals surface area contributed by atoms with E-state index in [9.17, 15) is 19.1 Å². The molecule has 6 heteroatoms. The van der Waals surface area contributed by atoms with Crippen molar-refractivity contribution in [2.75, 3.05) is 11.9 Å². The number of hydrogen-bond acceptors (Lipinski definition) is 2. The molecule has 0 aromatic heterocycles. The molecule has 21 heavy (non-hydrogen) atoms. The Morgan fingerprint density at radius 3 is 2.71 bits per heavy atom. The van der Waals surface area contributed by atoms with Gasteiger partial charge in [-0.1, -0.05) is 6.07 Å². The monoisotopic (exact) mass is 294 g/mol. The number of carbonyl (C=O) groups excluding carboxylic acids is 1. The largest absolute Gasteiger partial charge is 0.480 e. The molecule has 5 nitrogen and oxygen atoms in total. The summed E-state index contributed by atoms with van der Waals surface area (Å²) in [6.45, 7) is 3.63. The number of benzene rings is 1. The number of carboxylic acids is 1. The Morgan fingerprint density at radius 1 is 1.38 bits per heavy atom. The fourth-order valence-electron chi connectivity index (χ4n) is 2.57. The molecule has 2 rings (SSSR count). The number of likely N-dealkylation sites (tertiary alicyclic amines) is 1. The van der Waals surface area contributed by atoms with Crippen LogP contribution in [0.4, 0.5) is 14.9 Å². The van der Waals surface area contributed by atoms with Gasteiger partial charge in [-0.05, 0) is 50.8 Å². The molecule has 114 valence electrons. The standard InChI is InChI=1S/C15H19FN2O3/c1-10-5-6-12(11(16)9-10)17-14(21)18-8-4-3-7-15(18,2)13(19)20/h5-6,9H,3-4,7-8H2,1-2H3,(H,17,21)(H,19,20). The molecule has 0 bridgehead atoms. The van der Waals surface area contributed by atoms with Crippen LogP contribution in [0.2, 0.25) is 0 Å². The highest BCUT2D eigenvalue weighted by Gasteiger charge is 2.44. The minimum atomic E-state index is -1.25. The van der Waals surface area contributed by atoms with E-state index in [2.05, 4.69) is 5.32 Å². The van der Waals surface area contributed by atoms with E-state index < -0.39 is 23.4 Å². The SMILES string of the molecule is Cc1ccc(NC(=O)N2CCCCC2(C)C(=O)O)c(F)c1. The van der Waals surface area contributed by atoms with Gasteiger partial charge in [-0.3, -0.25) is 0 Å². The summed E-state index contributed by atoms with van der Waals surface area (Å²) in [5.74, 6) is -1.57. The average Bonchev–Trinajstić information content (AvgIpc) is 2.42. The second kappa shape index (κ2) is 5.71. The number of nitrogens with zero attached hydrogens (tertiary/aromatic N) is 1. The zero-order valence-corrected chi connectivity index (χ0v) is 12.1. The fraction of sp³-hybridized carbons (Fsp3) is 0.467. The number of anilines is 1. The Hall–Kier alpha value is -2.11. The van der Waals surface area contributed by atoms with Crippen LogP contribution in [0.25, 0.3) is 0 Å².